The Morgan fingerprint density at radius 1 is 1.19 bits per heavy atom. The van der Waals surface area contributed by atoms with Crippen molar-refractivity contribution in [1.29, 1.82) is 5.26 Å². The van der Waals surface area contributed by atoms with Crippen LogP contribution < -0.4 is 5.32 Å². The molecule has 5 atom stereocenters. The SMILES string of the molecule is N#C[C@]1(c2ccc(Cl)cc2)[C@H](CC2CCCC2)N[C@@H](C(=O)CCC[C@H](O)CO)[C@@H]1c1cccc(Cl)c1F. The molecule has 0 bridgehead atoms. The summed E-state index contributed by atoms with van der Waals surface area (Å²) in [6.07, 6.45) is 4.98. The number of ketones is 1. The molecule has 0 amide bonds. The average Bonchev–Trinajstić information content (AvgIpc) is 3.52. The van der Waals surface area contributed by atoms with Gasteiger partial charge in [0.15, 0.2) is 0 Å². The Bertz CT molecular complexity index is 1130. The largest absolute Gasteiger partial charge is 0.394 e. The first-order valence-corrected chi connectivity index (χ1v) is 13.8. The zero-order valence-electron chi connectivity index (χ0n) is 20.7. The number of hydrogen-bond donors (Lipinski definition) is 3. The van der Waals surface area contributed by atoms with Gasteiger partial charge in [-0.25, -0.2) is 4.39 Å². The maximum absolute atomic E-state index is 15.6. The molecule has 37 heavy (non-hydrogen) atoms. The van der Waals surface area contributed by atoms with Crippen molar-refractivity contribution in [2.75, 3.05) is 6.61 Å². The molecule has 0 aromatic heterocycles. The number of halogens is 3. The fourth-order valence-electron chi connectivity index (χ4n) is 6.30. The third kappa shape index (κ3) is 5.72. The molecule has 0 radical (unpaired) electrons. The van der Waals surface area contributed by atoms with Gasteiger partial charge in [0.25, 0.3) is 0 Å². The molecule has 198 valence electrons. The lowest BCUT2D eigenvalue weighted by Gasteiger charge is -2.36. The van der Waals surface area contributed by atoms with Crippen LogP contribution in [-0.2, 0) is 10.2 Å². The molecular formula is C29H33Cl2FN2O3. The van der Waals surface area contributed by atoms with E-state index < -0.39 is 29.3 Å². The lowest BCUT2D eigenvalue weighted by atomic mass is 9.63. The Hall–Kier alpha value is -2.01. The molecule has 2 aromatic carbocycles. The van der Waals surface area contributed by atoms with Crippen LogP contribution in [0.25, 0.3) is 0 Å². The molecule has 2 aromatic rings. The predicted octanol–water partition coefficient (Wildman–Crippen LogP) is 5.69. The predicted molar refractivity (Wildman–Crippen MR) is 142 cm³/mol. The third-order valence-corrected chi connectivity index (χ3v) is 8.68. The molecule has 1 heterocycles. The first-order valence-electron chi connectivity index (χ1n) is 13.0. The number of nitriles is 1. The summed E-state index contributed by atoms with van der Waals surface area (Å²) in [6.45, 7) is -0.371. The molecule has 1 saturated heterocycles. The second-order valence-corrected chi connectivity index (χ2v) is 11.2. The Balaban J connectivity index is 1.82. The number of aliphatic hydroxyl groups is 2. The molecule has 8 heteroatoms. The zero-order valence-corrected chi connectivity index (χ0v) is 22.2. The van der Waals surface area contributed by atoms with Gasteiger partial charge in [0.2, 0.25) is 0 Å². The zero-order chi connectivity index (χ0) is 26.6. The van der Waals surface area contributed by atoms with E-state index in [1.54, 1.807) is 36.4 Å². The summed E-state index contributed by atoms with van der Waals surface area (Å²) in [5.41, 5.74) is -0.312. The number of nitrogens with zero attached hydrogens (tertiary/aromatic N) is 1. The van der Waals surface area contributed by atoms with Crippen molar-refractivity contribution in [3.8, 4) is 6.07 Å². The summed E-state index contributed by atoms with van der Waals surface area (Å²) < 4.78 is 15.6. The van der Waals surface area contributed by atoms with Gasteiger partial charge in [0.1, 0.15) is 17.0 Å². The third-order valence-electron chi connectivity index (χ3n) is 8.14. The quantitative estimate of drug-likeness (QED) is 0.355. The first-order chi connectivity index (χ1) is 17.8. The molecule has 5 nitrogen and oxygen atoms in total. The summed E-state index contributed by atoms with van der Waals surface area (Å²) in [4.78, 5) is 13.7. The smallest absolute Gasteiger partial charge is 0.150 e. The topological polar surface area (TPSA) is 93.4 Å². The fourth-order valence-corrected chi connectivity index (χ4v) is 6.61. The van der Waals surface area contributed by atoms with Crippen LogP contribution in [0.2, 0.25) is 10.0 Å². The van der Waals surface area contributed by atoms with Crippen molar-refractivity contribution in [3.05, 3.63) is 69.5 Å². The van der Waals surface area contributed by atoms with Crippen molar-refractivity contribution in [1.82, 2.24) is 5.32 Å². The number of Topliss-reactive ketones (excluding diaryl/α,β-unsaturated/α-hetero) is 1. The van der Waals surface area contributed by atoms with Crippen LogP contribution in [0.15, 0.2) is 42.5 Å². The number of benzene rings is 2. The number of rotatable bonds is 10. The molecule has 1 saturated carbocycles. The van der Waals surface area contributed by atoms with E-state index in [-0.39, 0.29) is 41.9 Å². The summed E-state index contributed by atoms with van der Waals surface area (Å²) in [6, 6.07) is 13.1. The van der Waals surface area contributed by atoms with Crippen molar-refractivity contribution >= 4 is 29.0 Å². The van der Waals surface area contributed by atoms with Gasteiger partial charge in [-0.2, -0.15) is 5.26 Å². The minimum absolute atomic E-state index is 0.0584. The lowest BCUT2D eigenvalue weighted by Crippen LogP contribution is -2.43. The standard InChI is InChI=1S/C29H33Cl2FN2O3/c30-20-13-11-19(12-14-20)29(17-33)25(15-18-5-1-2-6-18)34-28(24(37)10-3-7-21(36)16-35)26(29)22-8-4-9-23(31)27(22)32/h4,8-9,11-14,18,21,25-26,28,34-36H,1-3,5-7,10,15-16H2/t21-,25-,26-,28-,29-/m0/s1. The first kappa shape index (κ1) is 28.0. The number of aliphatic hydroxyl groups excluding tert-OH is 2. The highest BCUT2D eigenvalue weighted by atomic mass is 35.5. The normalized spacial score (nSPS) is 26.8. The minimum atomic E-state index is -1.23. The molecule has 3 N–H and O–H groups in total. The maximum atomic E-state index is 15.6. The van der Waals surface area contributed by atoms with E-state index >= 15 is 4.39 Å². The van der Waals surface area contributed by atoms with Gasteiger partial charge in [0.05, 0.1) is 29.8 Å². The van der Waals surface area contributed by atoms with Gasteiger partial charge >= 0.3 is 0 Å². The minimum Gasteiger partial charge on any atom is -0.394 e. The molecule has 2 fully saturated rings. The monoisotopic (exact) mass is 546 g/mol. The van der Waals surface area contributed by atoms with E-state index in [0.717, 1.165) is 25.7 Å². The molecule has 1 aliphatic heterocycles. The van der Waals surface area contributed by atoms with Crippen molar-refractivity contribution in [3.63, 3.8) is 0 Å². The summed E-state index contributed by atoms with van der Waals surface area (Å²) >= 11 is 12.4. The van der Waals surface area contributed by atoms with Gasteiger partial charge in [-0.05, 0) is 54.5 Å². The number of carbonyl (C=O) groups excluding carboxylic acids is 1. The second-order valence-electron chi connectivity index (χ2n) is 10.4. The Kier molecular flexibility index (Phi) is 9.26. The number of nitrogens with one attached hydrogen (secondary N) is 1. The van der Waals surface area contributed by atoms with Gasteiger partial charge in [-0.1, -0.05) is 73.2 Å². The van der Waals surface area contributed by atoms with E-state index in [1.165, 1.54) is 6.07 Å². The van der Waals surface area contributed by atoms with Crippen LogP contribution in [-0.4, -0.2) is 40.8 Å². The van der Waals surface area contributed by atoms with Gasteiger partial charge in [0, 0.05) is 23.4 Å². The summed E-state index contributed by atoms with van der Waals surface area (Å²) in [5.74, 6) is -1.19. The van der Waals surface area contributed by atoms with E-state index in [1.807, 2.05) is 0 Å². The summed E-state index contributed by atoms with van der Waals surface area (Å²) in [5, 5.41) is 33.7. The molecular weight excluding hydrogens is 514 g/mol. The Labute approximate surface area is 227 Å². The molecule has 2 aliphatic rings. The average molecular weight is 547 g/mol. The van der Waals surface area contributed by atoms with Gasteiger partial charge in [-0.15, -0.1) is 0 Å². The Morgan fingerprint density at radius 3 is 2.54 bits per heavy atom. The molecule has 1 aliphatic carbocycles. The maximum Gasteiger partial charge on any atom is 0.150 e. The Morgan fingerprint density at radius 2 is 1.89 bits per heavy atom. The van der Waals surface area contributed by atoms with Crippen LogP contribution in [0.1, 0.15) is 68.4 Å². The highest BCUT2D eigenvalue weighted by Crippen LogP contribution is 2.52. The highest BCUT2D eigenvalue weighted by Gasteiger charge is 2.59. The molecule has 4 rings (SSSR count). The van der Waals surface area contributed by atoms with E-state index in [4.69, 9.17) is 28.3 Å². The van der Waals surface area contributed by atoms with Crippen molar-refractivity contribution in [2.24, 2.45) is 5.92 Å². The van der Waals surface area contributed by atoms with Crippen LogP contribution in [0.3, 0.4) is 0 Å². The van der Waals surface area contributed by atoms with E-state index in [9.17, 15) is 15.2 Å². The highest BCUT2D eigenvalue weighted by molar-refractivity contribution is 6.31. The van der Waals surface area contributed by atoms with Gasteiger partial charge in [-0.3, -0.25) is 4.79 Å². The lowest BCUT2D eigenvalue weighted by molar-refractivity contribution is -0.121. The van der Waals surface area contributed by atoms with Gasteiger partial charge < -0.3 is 15.5 Å². The van der Waals surface area contributed by atoms with Crippen molar-refractivity contribution < 1.29 is 19.4 Å². The van der Waals surface area contributed by atoms with Crippen molar-refractivity contribution in [2.45, 2.75) is 80.9 Å². The van der Waals surface area contributed by atoms with E-state index in [0.29, 0.717) is 29.3 Å². The molecule has 0 unspecified atom stereocenters. The number of carbonyl (C=O) groups is 1. The van der Waals surface area contributed by atoms with Crippen LogP contribution >= 0.6 is 23.2 Å². The van der Waals surface area contributed by atoms with Crippen LogP contribution in [0.4, 0.5) is 4.39 Å². The fraction of sp³-hybridized carbons (Fsp3) is 0.517. The van der Waals surface area contributed by atoms with Crippen LogP contribution in [0.5, 0.6) is 0 Å². The second kappa shape index (κ2) is 12.2. The van der Waals surface area contributed by atoms with Crippen LogP contribution in [0, 0.1) is 23.1 Å². The number of hydrogen-bond acceptors (Lipinski definition) is 5. The summed E-state index contributed by atoms with van der Waals surface area (Å²) in [7, 11) is 0. The van der Waals surface area contributed by atoms with E-state index in [2.05, 4.69) is 11.4 Å². The molecule has 0 spiro atoms.